The molecule has 0 aliphatic carbocycles. The first-order chi connectivity index (χ1) is 17.1. The number of anilines is 3. The number of ether oxygens (including phenoxy) is 1. The van der Waals surface area contributed by atoms with Gasteiger partial charge in [0.15, 0.2) is 10.9 Å². The summed E-state index contributed by atoms with van der Waals surface area (Å²) in [5, 5.41) is 11.7. The number of halogens is 1. The summed E-state index contributed by atoms with van der Waals surface area (Å²) < 4.78 is 7.39. The molecular weight excluding hydrogens is 500 g/mol. The van der Waals surface area contributed by atoms with E-state index in [2.05, 4.69) is 20.7 Å². The van der Waals surface area contributed by atoms with Crippen LogP contribution >= 0.6 is 22.9 Å². The summed E-state index contributed by atoms with van der Waals surface area (Å²) in [6.07, 6.45) is 5.13. The number of rotatable bonds is 6. The molecule has 9 nitrogen and oxygen atoms in total. The number of benzene rings is 1. The molecule has 11 heteroatoms. The number of aromatic nitrogens is 3. The summed E-state index contributed by atoms with van der Waals surface area (Å²) in [4.78, 5) is 31.7. The fraction of sp³-hybridized carbons (Fsp3) is 0.440. The molecule has 2 N–H and O–H groups in total. The Bertz CT molecular complexity index is 1210. The predicted octanol–water partition coefficient (Wildman–Crippen LogP) is 5.94. The Hall–Kier alpha value is -3.11. The Kier molecular flexibility index (Phi) is 7.85. The smallest absolute Gasteiger partial charge is 0.410 e. The van der Waals surface area contributed by atoms with Crippen LogP contribution in [0.3, 0.4) is 0 Å². The number of hydrogen-bond donors (Lipinski definition) is 2. The Morgan fingerprint density at radius 2 is 2.08 bits per heavy atom. The van der Waals surface area contributed by atoms with Crippen molar-refractivity contribution >= 4 is 51.6 Å². The Morgan fingerprint density at radius 1 is 1.28 bits per heavy atom. The van der Waals surface area contributed by atoms with E-state index >= 15 is 0 Å². The standard InChI is InChI=1S/C25H31ClN6O3S/c1-16-7-5-9-18(26)21(16)29-22(33)19-13-27-23(36-19)28-20-10-12-32(30-20)15-17-8-6-11-31(14-17)24(34)35-25(2,3)4/h5,7,9-10,12-13,17H,6,8,11,14-15H2,1-4H3,(H,29,33)(H,27,28,30). The third-order valence-corrected chi connectivity index (χ3v) is 6.91. The normalized spacial score (nSPS) is 16.0. The van der Waals surface area contributed by atoms with E-state index in [0.717, 1.165) is 18.4 Å². The van der Waals surface area contributed by atoms with Gasteiger partial charge < -0.3 is 20.3 Å². The fourth-order valence-corrected chi connectivity index (χ4v) is 5.00. The summed E-state index contributed by atoms with van der Waals surface area (Å²) >= 11 is 7.45. The first kappa shape index (κ1) is 26.0. The molecule has 0 saturated carbocycles. The molecule has 0 radical (unpaired) electrons. The van der Waals surface area contributed by atoms with Crippen molar-refractivity contribution < 1.29 is 14.3 Å². The Balaban J connectivity index is 1.32. The van der Waals surface area contributed by atoms with E-state index < -0.39 is 5.60 Å². The highest BCUT2D eigenvalue weighted by molar-refractivity contribution is 7.17. The largest absolute Gasteiger partial charge is 0.444 e. The monoisotopic (exact) mass is 530 g/mol. The van der Waals surface area contributed by atoms with Crippen LogP contribution in [-0.2, 0) is 11.3 Å². The molecule has 1 aliphatic rings. The fourth-order valence-electron chi connectivity index (χ4n) is 4.01. The molecule has 1 fully saturated rings. The van der Waals surface area contributed by atoms with Crippen molar-refractivity contribution in [1.82, 2.24) is 19.7 Å². The maximum atomic E-state index is 12.7. The first-order valence-electron chi connectivity index (χ1n) is 11.9. The second-order valence-electron chi connectivity index (χ2n) is 9.90. The lowest BCUT2D eigenvalue weighted by Crippen LogP contribution is -2.43. The van der Waals surface area contributed by atoms with Gasteiger partial charge in [-0.3, -0.25) is 9.48 Å². The van der Waals surface area contributed by atoms with Gasteiger partial charge in [0, 0.05) is 31.9 Å². The van der Waals surface area contributed by atoms with Gasteiger partial charge in [-0.05, 0) is 58.1 Å². The van der Waals surface area contributed by atoms with Crippen molar-refractivity contribution in [3.8, 4) is 0 Å². The van der Waals surface area contributed by atoms with Gasteiger partial charge in [-0.1, -0.05) is 35.1 Å². The van der Waals surface area contributed by atoms with Crippen molar-refractivity contribution in [2.24, 2.45) is 5.92 Å². The lowest BCUT2D eigenvalue weighted by atomic mass is 9.98. The SMILES string of the molecule is Cc1cccc(Cl)c1NC(=O)c1cnc(Nc2ccn(CC3CCCN(C(=O)OC(C)(C)C)C3)n2)s1. The molecule has 2 amide bonds. The highest BCUT2D eigenvalue weighted by Gasteiger charge is 2.28. The van der Waals surface area contributed by atoms with Gasteiger partial charge >= 0.3 is 6.09 Å². The zero-order chi connectivity index (χ0) is 25.9. The molecule has 4 rings (SSSR count). The number of thiazole rings is 1. The van der Waals surface area contributed by atoms with Gasteiger partial charge in [0.2, 0.25) is 0 Å². The van der Waals surface area contributed by atoms with Gasteiger partial charge in [0.05, 0.1) is 16.9 Å². The Labute approximate surface area is 219 Å². The van der Waals surface area contributed by atoms with Crippen molar-refractivity contribution in [2.75, 3.05) is 23.7 Å². The van der Waals surface area contributed by atoms with Crippen molar-refractivity contribution in [1.29, 1.82) is 0 Å². The molecule has 1 atom stereocenters. The van der Waals surface area contributed by atoms with Crippen LogP contribution in [0.4, 0.5) is 21.4 Å². The second-order valence-corrected chi connectivity index (χ2v) is 11.3. The summed E-state index contributed by atoms with van der Waals surface area (Å²) in [5.41, 5.74) is 0.978. The molecule has 2 aromatic heterocycles. The van der Waals surface area contributed by atoms with Crippen LogP contribution in [0, 0.1) is 12.8 Å². The summed E-state index contributed by atoms with van der Waals surface area (Å²) in [6.45, 7) is 9.58. The first-order valence-corrected chi connectivity index (χ1v) is 13.1. The summed E-state index contributed by atoms with van der Waals surface area (Å²) in [7, 11) is 0. The number of para-hydroxylation sites is 1. The number of carbonyl (C=O) groups excluding carboxylic acids is 2. The molecular formula is C25H31ClN6O3S. The number of hydrogen-bond acceptors (Lipinski definition) is 7. The molecule has 3 heterocycles. The zero-order valence-electron chi connectivity index (χ0n) is 20.9. The molecule has 3 aromatic rings. The van der Waals surface area contributed by atoms with Crippen molar-refractivity contribution in [3.63, 3.8) is 0 Å². The molecule has 36 heavy (non-hydrogen) atoms. The van der Waals surface area contributed by atoms with Crippen LogP contribution in [0.5, 0.6) is 0 Å². The number of nitrogens with zero attached hydrogens (tertiary/aromatic N) is 4. The van der Waals surface area contributed by atoms with Crippen LogP contribution in [0.15, 0.2) is 36.7 Å². The molecule has 0 bridgehead atoms. The lowest BCUT2D eigenvalue weighted by molar-refractivity contribution is 0.0155. The van der Waals surface area contributed by atoms with Crippen molar-refractivity contribution in [3.05, 3.63) is 52.1 Å². The average Bonchev–Trinajstić information content (AvgIpc) is 3.45. The second kappa shape index (κ2) is 10.9. The van der Waals surface area contributed by atoms with Gasteiger partial charge in [-0.15, -0.1) is 0 Å². The molecule has 192 valence electrons. The van der Waals surface area contributed by atoms with Gasteiger partial charge in [0.1, 0.15) is 10.5 Å². The van der Waals surface area contributed by atoms with Crippen LogP contribution in [-0.4, -0.2) is 50.4 Å². The molecule has 0 spiro atoms. The maximum Gasteiger partial charge on any atom is 0.410 e. The van der Waals surface area contributed by atoms with Crippen LogP contribution in [0.1, 0.15) is 48.8 Å². The minimum atomic E-state index is -0.503. The van der Waals surface area contributed by atoms with Crippen LogP contribution < -0.4 is 10.6 Å². The summed E-state index contributed by atoms with van der Waals surface area (Å²) in [6, 6.07) is 7.33. The summed E-state index contributed by atoms with van der Waals surface area (Å²) in [5.74, 6) is 0.662. The van der Waals surface area contributed by atoms with E-state index in [1.165, 1.54) is 17.5 Å². The Morgan fingerprint density at radius 3 is 2.83 bits per heavy atom. The molecule has 1 aliphatic heterocycles. The predicted molar refractivity (Wildman–Crippen MR) is 142 cm³/mol. The molecule has 1 unspecified atom stereocenters. The van der Waals surface area contributed by atoms with Gasteiger partial charge in [-0.2, -0.15) is 5.10 Å². The maximum absolute atomic E-state index is 12.7. The van der Waals surface area contributed by atoms with E-state index in [4.69, 9.17) is 16.3 Å². The number of piperidine rings is 1. The number of carbonyl (C=O) groups is 2. The van der Waals surface area contributed by atoms with E-state index in [0.29, 0.717) is 52.1 Å². The van der Waals surface area contributed by atoms with Crippen LogP contribution in [0.25, 0.3) is 0 Å². The number of nitrogens with one attached hydrogen (secondary N) is 2. The number of amides is 2. The molecule has 1 aromatic carbocycles. The third kappa shape index (κ3) is 6.76. The highest BCUT2D eigenvalue weighted by atomic mass is 35.5. The van der Waals surface area contributed by atoms with E-state index in [-0.39, 0.29) is 12.0 Å². The minimum absolute atomic E-state index is 0.261. The van der Waals surface area contributed by atoms with E-state index in [1.807, 2.05) is 56.8 Å². The average molecular weight is 531 g/mol. The topological polar surface area (TPSA) is 101 Å². The molecule has 1 saturated heterocycles. The van der Waals surface area contributed by atoms with E-state index in [1.54, 1.807) is 11.0 Å². The lowest BCUT2D eigenvalue weighted by Gasteiger charge is -2.34. The van der Waals surface area contributed by atoms with Gasteiger partial charge in [-0.25, -0.2) is 9.78 Å². The quantitative estimate of drug-likeness (QED) is 0.408. The third-order valence-electron chi connectivity index (χ3n) is 5.68. The zero-order valence-corrected chi connectivity index (χ0v) is 22.4. The highest BCUT2D eigenvalue weighted by Crippen LogP contribution is 2.28. The van der Waals surface area contributed by atoms with Crippen molar-refractivity contribution in [2.45, 2.75) is 52.7 Å². The minimum Gasteiger partial charge on any atom is -0.444 e. The van der Waals surface area contributed by atoms with E-state index in [9.17, 15) is 9.59 Å². The number of aryl methyl sites for hydroxylation is 1. The van der Waals surface area contributed by atoms with Crippen LogP contribution in [0.2, 0.25) is 5.02 Å². The van der Waals surface area contributed by atoms with Gasteiger partial charge in [0.25, 0.3) is 5.91 Å². The number of likely N-dealkylation sites (tertiary alicyclic amines) is 1.